The van der Waals surface area contributed by atoms with E-state index in [-0.39, 0.29) is 11.5 Å². The highest BCUT2D eigenvalue weighted by Gasteiger charge is 2.19. The summed E-state index contributed by atoms with van der Waals surface area (Å²) in [4.78, 5) is 24.8. The number of nitrogens with one attached hydrogen (secondary N) is 1. The molecule has 1 amide bonds. The summed E-state index contributed by atoms with van der Waals surface area (Å²) in [6, 6.07) is 14.6. The Labute approximate surface area is 146 Å². The summed E-state index contributed by atoms with van der Waals surface area (Å²) in [7, 11) is 0. The molecule has 0 aliphatic carbocycles. The molecule has 23 heavy (non-hydrogen) atoms. The Bertz CT molecular complexity index is 916. The number of hydrogen-bond acceptors (Lipinski definition) is 3. The maximum absolute atomic E-state index is 12.4. The zero-order valence-corrected chi connectivity index (χ0v) is 14.9. The summed E-state index contributed by atoms with van der Waals surface area (Å²) in [5.41, 5.74) is 0.880. The Kier molecular flexibility index (Phi) is 4.63. The second kappa shape index (κ2) is 6.68. The van der Waals surface area contributed by atoms with Crippen molar-refractivity contribution in [1.29, 1.82) is 0 Å². The third-order valence-electron chi connectivity index (χ3n) is 3.66. The number of rotatable bonds is 4. The van der Waals surface area contributed by atoms with Crippen molar-refractivity contribution in [3.8, 4) is 0 Å². The molecule has 0 saturated heterocycles. The van der Waals surface area contributed by atoms with Crippen molar-refractivity contribution in [3.05, 3.63) is 68.9 Å². The lowest BCUT2D eigenvalue weighted by Gasteiger charge is -2.13. The minimum absolute atomic E-state index is 0.117. The number of nitrogens with zero attached hydrogens (tertiary/aromatic N) is 1. The van der Waals surface area contributed by atoms with Crippen LogP contribution in [0.1, 0.15) is 18.5 Å². The average Bonchev–Trinajstić information content (AvgIpc) is 2.90. The van der Waals surface area contributed by atoms with Crippen molar-refractivity contribution >= 4 is 43.5 Å². The summed E-state index contributed by atoms with van der Waals surface area (Å²) in [6.07, 6.45) is 0. The van der Waals surface area contributed by atoms with E-state index in [1.165, 1.54) is 15.5 Å². The Hall–Kier alpha value is -1.92. The molecule has 1 atom stereocenters. The number of halogens is 1. The third-order valence-corrected chi connectivity index (χ3v) is 5.66. The smallest absolute Gasteiger partial charge is 0.269 e. The largest absolute Gasteiger partial charge is 0.350 e. The predicted molar refractivity (Wildman–Crippen MR) is 96.8 cm³/mol. The van der Waals surface area contributed by atoms with Crippen molar-refractivity contribution in [2.75, 3.05) is 0 Å². The highest BCUT2D eigenvalue weighted by Crippen LogP contribution is 2.20. The monoisotopic (exact) mass is 390 g/mol. The average molecular weight is 391 g/mol. The van der Waals surface area contributed by atoms with Crippen LogP contribution in [0.4, 0.5) is 0 Å². The first-order valence-electron chi connectivity index (χ1n) is 7.19. The molecule has 1 unspecified atom stereocenters. The molecule has 3 aromatic rings. The summed E-state index contributed by atoms with van der Waals surface area (Å²) < 4.78 is 3.37. The van der Waals surface area contributed by atoms with Gasteiger partial charge in [0.1, 0.15) is 6.04 Å². The molecule has 1 aromatic heterocycles. The van der Waals surface area contributed by atoms with Gasteiger partial charge in [-0.05, 0) is 30.7 Å². The van der Waals surface area contributed by atoms with Gasteiger partial charge in [0, 0.05) is 11.0 Å². The maximum atomic E-state index is 12.4. The standard InChI is InChI=1S/C17H15BrN2O2S/c1-11(16(21)19-10-12-6-2-4-8-14(12)18)20-17(22)13-7-3-5-9-15(13)23-20/h2-9,11H,10H2,1H3,(H,19,21). The number of carbonyl (C=O) groups is 1. The molecule has 1 N–H and O–H groups in total. The van der Waals surface area contributed by atoms with Gasteiger partial charge in [0.05, 0.1) is 10.1 Å². The zero-order valence-electron chi connectivity index (χ0n) is 12.5. The fourth-order valence-electron chi connectivity index (χ4n) is 2.32. The van der Waals surface area contributed by atoms with E-state index in [9.17, 15) is 9.59 Å². The van der Waals surface area contributed by atoms with Gasteiger partial charge >= 0.3 is 0 Å². The van der Waals surface area contributed by atoms with Crippen molar-refractivity contribution in [3.63, 3.8) is 0 Å². The molecule has 0 radical (unpaired) electrons. The van der Waals surface area contributed by atoms with E-state index < -0.39 is 6.04 Å². The van der Waals surface area contributed by atoms with E-state index in [0.717, 1.165) is 14.7 Å². The van der Waals surface area contributed by atoms with Crippen LogP contribution in [0.5, 0.6) is 0 Å². The Morgan fingerprint density at radius 3 is 2.65 bits per heavy atom. The number of amides is 1. The molecule has 0 saturated carbocycles. The molecule has 4 nitrogen and oxygen atoms in total. The van der Waals surface area contributed by atoms with Crippen LogP contribution in [0.2, 0.25) is 0 Å². The second-order valence-corrected chi connectivity index (χ2v) is 7.07. The molecule has 1 heterocycles. The SMILES string of the molecule is CC(C(=O)NCc1ccccc1Br)n1sc2ccccc2c1=O. The van der Waals surface area contributed by atoms with Crippen LogP contribution < -0.4 is 10.9 Å². The number of hydrogen-bond donors (Lipinski definition) is 1. The molecular formula is C17H15BrN2O2S. The van der Waals surface area contributed by atoms with Crippen LogP contribution in [-0.4, -0.2) is 9.86 Å². The number of carbonyl (C=O) groups excluding carboxylic acids is 1. The van der Waals surface area contributed by atoms with Gasteiger partial charge in [-0.1, -0.05) is 57.8 Å². The van der Waals surface area contributed by atoms with E-state index in [4.69, 9.17) is 0 Å². The summed E-state index contributed by atoms with van der Waals surface area (Å²) in [5, 5.41) is 3.54. The van der Waals surface area contributed by atoms with Crippen LogP contribution in [-0.2, 0) is 11.3 Å². The van der Waals surface area contributed by atoms with Gasteiger partial charge in [0.25, 0.3) is 5.56 Å². The van der Waals surface area contributed by atoms with Crippen LogP contribution >= 0.6 is 27.5 Å². The Balaban J connectivity index is 1.78. The van der Waals surface area contributed by atoms with Gasteiger partial charge in [0.2, 0.25) is 5.91 Å². The van der Waals surface area contributed by atoms with E-state index >= 15 is 0 Å². The molecular weight excluding hydrogens is 376 g/mol. The number of aromatic nitrogens is 1. The highest BCUT2D eigenvalue weighted by molar-refractivity contribution is 9.10. The van der Waals surface area contributed by atoms with Crippen LogP contribution in [0, 0.1) is 0 Å². The zero-order chi connectivity index (χ0) is 16.4. The first-order chi connectivity index (χ1) is 11.1. The molecule has 0 spiro atoms. The quantitative estimate of drug-likeness (QED) is 0.738. The topological polar surface area (TPSA) is 51.1 Å². The normalized spacial score (nSPS) is 12.3. The lowest BCUT2D eigenvalue weighted by atomic mass is 10.2. The first-order valence-corrected chi connectivity index (χ1v) is 8.76. The summed E-state index contributed by atoms with van der Waals surface area (Å²) >= 11 is 4.78. The lowest BCUT2D eigenvalue weighted by Crippen LogP contribution is -2.33. The summed E-state index contributed by atoms with van der Waals surface area (Å²) in [6.45, 7) is 2.16. The van der Waals surface area contributed by atoms with Gasteiger partial charge in [-0.3, -0.25) is 13.5 Å². The summed E-state index contributed by atoms with van der Waals surface area (Å²) in [5.74, 6) is -0.172. The van der Waals surface area contributed by atoms with Crippen LogP contribution in [0.3, 0.4) is 0 Å². The number of benzene rings is 2. The Morgan fingerprint density at radius 1 is 1.22 bits per heavy atom. The molecule has 3 rings (SSSR count). The second-order valence-electron chi connectivity index (χ2n) is 5.20. The predicted octanol–water partition coefficient (Wildman–Crippen LogP) is 3.70. The van der Waals surface area contributed by atoms with Crippen LogP contribution in [0.25, 0.3) is 10.1 Å². The minimum Gasteiger partial charge on any atom is -0.350 e. The van der Waals surface area contributed by atoms with Gasteiger partial charge in [0.15, 0.2) is 0 Å². The Morgan fingerprint density at radius 2 is 1.91 bits per heavy atom. The van der Waals surface area contributed by atoms with Crippen molar-refractivity contribution in [2.24, 2.45) is 0 Å². The van der Waals surface area contributed by atoms with Crippen molar-refractivity contribution in [1.82, 2.24) is 9.27 Å². The van der Waals surface area contributed by atoms with E-state index in [2.05, 4.69) is 21.2 Å². The van der Waals surface area contributed by atoms with E-state index in [0.29, 0.717) is 11.9 Å². The minimum atomic E-state index is -0.539. The molecule has 0 aliphatic heterocycles. The van der Waals surface area contributed by atoms with Gasteiger partial charge < -0.3 is 5.32 Å². The van der Waals surface area contributed by atoms with Crippen molar-refractivity contribution < 1.29 is 4.79 Å². The van der Waals surface area contributed by atoms with Gasteiger partial charge in [-0.25, -0.2) is 0 Å². The maximum Gasteiger partial charge on any atom is 0.269 e. The van der Waals surface area contributed by atoms with Crippen molar-refractivity contribution in [2.45, 2.75) is 19.5 Å². The van der Waals surface area contributed by atoms with Crippen LogP contribution in [0.15, 0.2) is 57.8 Å². The van der Waals surface area contributed by atoms with E-state index in [1.54, 1.807) is 13.0 Å². The fourth-order valence-corrected chi connectivity index (χ4v) is 3.79. The molecule has 0 fully saturated rings. The highest BCUT2D eigenvalue weighted by atomic mass is 79.9. The number of fused-ring (bicyclic) bond motifs is 1. The van der Waals surface area contributed by atoms with E-state index in [1.807, 2.05) is 42.5 Å². The third kappa shape index (κ3) is 3.23. The van der Waals surface area contributed by atoms with Gasteiger partial charge in [-0.15, -0.1) is 0 Å². The molecule has 6 heteroatoms. The molecule has 0 bridgehead atoms. The molecule has 118 valence electrons. The van der Waals surface area contributed by atoms with Gasteiger partial charge in [-0.2, -0.15) is 0 Å². The fraction of sp³-hybridized carbons (Fsp3) is 0.176. The first kappa shape index (κ1) is 16.0. The molecule has 0 aliphatic rings. The lowest BCUT2D eigenvalue weighted by molar-refractivity contribution is -0.123. The molecule has 2 aromatic carbocycles.